The Bertz CT molecular complexity index is 916. The molecule has 1 N–H and O–H groups in total. The minimum atomic E-state index is -0.911. The molecule has 2 atom stereocenters. The number of hydrogen-bond donors (Lipinski definition) is 1. The quantitative estimate of drug-likeness (QED) is 0.438. The number of carbonyl (C=O) groups excluding carboxylic acids is 4. The number of urea groups is 1. The Hall–Kier alpha value is -2.64. The van der Waals surface area contributed by atoms with E-state index in [1.807, 2.05) is 26.8 Å². The first-order valence-corrected chi connectivity index (χ1v) is 10.8. The zero-order chi connectivity index (χ0) is 21.6. The molecule has 1 aromatic heterocycles. The van der Waals surface area contributed by atoms with Gasteiger partial charge in [0.1, 0.15) is 12.1 Å². The number of carbonyl (C=O) groups is 4. The van der Waals surface area contributed by atoms with Gasteiger partial charge in [0.15, 0.2) is 6.61 Å². The van der Waals surface area contributed by atoms with Crippen LogP contribution in [0.5, 0.6) is 0 Å². The number of ketones is 1. The molecule has 1 aliphatic heterocycles. The van der Waals surface area contributed by atoms with Crippen LogP contribution in [-0.4, -0.2) is 51.8 Å². The average Bonchev–Trinajstić information content (AvgIpc) is 3.45. The Kier molecular flexibility index (Phi) is 5.20. The van der Waals surface area contributed by atoms with Crippen LogP contribution in [0.25, 0.3) is 0 Å². The second-order valence-corrected chi connectivity index (χ2v) is 8.91. The van der Waals surface area contributed by atoms with Gasteiger partial charge in [-0.1, -0.05) is 19.8 Å². The van der Waals surface area contributed by atoms with Crippen molar-refractivity contribution in [2.45, 2.75) is 70.9 Å². The molecule has 1 aromatic rings. The number of hydrogen-bond acceptors (Lipinski definition) is 5. The highest BCUT2D eigenvalue weighted by Gasteiger charge is 2.55. The molecule has 2 heterocycles. The molecule has 8 nitrogen and oxygen atoms in total. The van der Waals surface area contributed by atoms with E-state index in [1.165, 1.54) is 0 Å². The summed E-state index contributed by atoms with van der Waals surface area (Å²) < 4.78 is 7.29. The number of ether oxygens (including phenoxy) is 1. The summed E-state index contributed by atoms with van der Waals surface area (Å²) in [6, 6.07) is 1.73. The average molecular weight is 415 g/mol. The fourth-order valence-electron chi connectivity index (χ4n) is 4.99. The Morgan fingerprint density at radius 2 is 1.93 bits per heavy atom. The van der Waals surface area contributed by atoms with E-state index in [9.17, 15) is 19.2 Å². The molecule has 2 unspecified atom stereocenters. The lowest BCUT2D eigenvalue weighted by atomic mass is 9.73. The summed E-state index contributed by atoms with van der Waals surface area (Å²) in [6.07, 6.45) is 5.56. The van der Waals surface area contributed by atoms with Crippen molar-refractivity contribution in [3.63, 3.8) is 0 Å². The summed E-state index contributed by atoms with van der Waals surface area (Å²) in [4.78, 5) is 51.1. The number of rotatable bonds is 6. The highest BCUT2D eigenvalue weighted by molar-refractivity contribution is 6.09. The van der Waals surface area contributed by atoms with Crippen molar-refractivity contribution < 1.29 is 23.9 Å². The Balaban J connectivity index is 1.36. The van der Waals surface area contributed by atoms with Gasteiger partial charge in [-0.2, -0.15) is 0 Å². The number of Topliss-reactive ketones (excluding diaryl/α,β-unsaturated/α-hetero) is 1. The normalized spacial score (nSPS) is 26.2. The van der Waals surface area contributed by atoms with Crippen LogP contribution in [0.4, 0.5) is 4.79 Å². The first kappa shape index (κ1) is 20.6. The summed E-state index contributed by atoms with van der Waals surface area (Å²) >= 11 is 0. The molecular formula is C22H29N3O5. The fraction of sp³-hybridized carbons (Fsp3) is 0.636. The van der Waals surface area contributed by atoms with Crippen molar-refractivity contribution in [3.05, 3.63) is 23.0 Å². The summed E-state index contributed by atoms with van der Waals surface area (Å²) in [5.74, 6) is -1.38. The van der Waals surface area contributed by atoms with Gasteiger partial charge in [0.05, 0.1) is 0 Å². The topological polar surface area (TPSA) is 97.7 Å². The molecule has 3 amide bonds. The van der Waals surface area contributed by atoms with E-state index >= 15 is 0 Å². The highest BCUT2D eigenvalue weighted by atomic mass is 16.5. The molecular weight excluding hydrogens is 386 g/mol. The largest absolute Gasteiger partial charge is 0.456 e. The monoisotopic (exact) mass is 415 g/mol. The van der Waals surface area contributed by atoms with E-state index in [0.717, 1.165) is 48.4 Å². The van der Waals surface area contributed by atoms with Crippen LogP contribution >= 0.6 is 0 Å². The van der Waals surface area contributed by atoms with E-state index in [1.54, 1.807) is 0 Å². The van der Waals surface area contributed by atoms with Gasteiger partial charge in [0.2, 0.25) is 5.78 Å². The van der Waals surface area contributed by atoms with Gasteiger partial charge in [-0.05, 0) is 51.5 Å². The SMILES string of the molecule is Cc1cc(C(=O)COC(=O)CN2C(=O)NC3(CCCCC3C)C2=O)c(C)n1C1CC1. The summed E-state index contributed by atoms with van der Waals surface area (Å²) in [5.41, 5.74) is 1.55. The minimum Gasteiger partial charge on any atom is -0.456 e. The third kappa shape index (κ3) is 3.42. The van der Waals surface area contributed by atoms with E-state index in [2.05, 4.69) is 9.88 Å². The molecule has 1 spiro atoms. The lowest BCUT2D eigenvalue weighted by molar-refractivity contribution is -0.147. The summed E-state index contributed by atoms with van der Waals surface area (Å²) in [7, 11) is 0. The first-order chi connectivity index (χ1) is 14.2. The third-order valence-corrected chi connectivity index (χ3v) is 6.85. The van der Waals surface area contributed by atoms with Crippen LogP contribution in [-0.2, 0) is 14.3 Å². The van der Waals surface area contributed by atoms with Crippen molar-refractivity contribution in [2.24, 2.45) is 5.92 Å². The van der Waals surface area contributed by atoms with Crippen LogP contribution in [0.1, 0.15) is 73.2 Å². The maximum Gasteiger partial charge on any atom is 0.326 e. The molecule has 2 saturated carbocycles. The molecule has 2 aliphatic carbocycles. The fourth-order valence-corrected chi connectivity index (χ4v) is 4.99. The first-order valence-electron chi connectivity index (χ1n) is 10.8. The number of amides is 3. The minimum absolute atomic E-state index is 0.0204. The molecule has 162 valence electrons. The Morgan fingerprint density at radius 3 is 2.60 bits per heavy atom. The molecule has 4 rings (SSSR count). The van der Waals surface area contributed by atoms with E-state index in [-0.39, 0.29) is 17.6 Å². The second kappa shape index (κ2) is 7.56. The Labute approximate surface area is 175 Å². The van der Waals surface area contributed by atoms with Crippen LogP contribution < -0.4 is 5.32 Å². The van der Waals surface area contributed by atoms with Gasteiger partial charge >= 0.3 is 12.0 Å². The maximum atomic E-state index is 12.9. The number of nitrogens with zero attached hydrogens (tertiary/aromatic N) is 2. The number of aromatic nitrogens is 1. The molecule has 8 heteroatoms. The predicted molar refractivity (Wildman–Crippen MR) is 108 cm³/mol. The van der Waals surface area contributed by atoms with Gasteiger partial charge < -0.3 is 14.6 Å². The van der Waals surface area contributed by atoms with Crippen LogP contribution in [0.3, 0.4) is 0 Å². The van der Waals surface area contributed by atoms with Crippen molar-refractivity contribution in [3.8, 4) is 0 Å². The zero-order valence-electron chi connectivity index (χ0n) is 17.8. The van der Waals surface area contributed by atoms with Crippen molar-refractivity contribution in [1.82, 2.24) is 14.8 Å². The van der Waals surface area contributed by atoms with E-state index in [4.69, 9.17) is 4.74 Å². The standard InChI is InChI=1S/C22H29N3O5/c1-13-6-4-5-9-22(13)20(28)24(21(29)23-22)11-19(27)30-12-18(26)17-10-14(2)25(15(17)3)16-7-8-16/h10,13,16H,4-9,11-12H2,1-3H3,(H,23,29). The molecule has 0 bridgehead atoms. The van der Waals surface area contributed by atoms with Crippen LogP contribution in [0.15, 0.2) is 6.07 Å². The highest BCUT2D eigenvalue weighted by Crippen LogP contribution is 2.39. The van der Waals surface area contributed by atoms with Gasteiger partial charge in [-0.15, -0.1) is 0 Å². The number of aryl methyl sites for hydroxylation is 1. The van der Waals surface area contributed by atoms with Crippen molar-refractivity contribution in [2.75, 3.05) is 13.2 Å². The lowest BCUT2D eigenvalue weighted by Gasteiger charge is -2.36. The predicted octanol–water partition coefficient (Wildman–Crippen LogP) is 2.67. The molecule has 0 radical (unpaired) electrons. The summed E-state index contributed by atoms with van der Waals surface area (Å²) in [5, 5.41) is 2.81. The Morgan fingerprint density at radius 1 is 1.20 bits per heavy atom. The van der Waals surface area contributed by atoms with Gasteiger partial charge in [-0.25, -0.2) is 4.79 Å². The molecule has 3 fully saturated rings. The zero-order valence-corrected chi connectivity index (χ0v) is 17.8. The summed E-state index contributed by atoms with van der Waals surface area (Å²) in [6.45, 7) is 4.94. The molecule has 3 aliphatic rings. The third-order valence-electron chi connectivity index (χ3n) is 6.85. The van der Waals surface area contributed by atoms with Crippen molar-refractivity contribution >= 4 is 23.7 Å². The van der Waals surface area contributed by atoms with Crippen LogP contribution in [0, 0.1) is 19.8 Å². The van der Waals surface area contributed by atoms with Crippen LogP contribution in [0.2, 0.25) is 0 Å². The van der Waals surface area contributed by atoms with Crippen molar-refractivity contribution in [1.29, 1.82) is 0 Å². The smallest absolute Gasteiger partial charge is 0.326 e. The molecule has 30 heavy (non-hydrogen) atoms. The number of esters is 1. The van der Waals surface area contributed by atoms with E-state index in [0.29, 0.717) is 18.0 Å². The number of imide groups is 1. The maximum absolute atomic E-state index is 12.9. The molecule has 0 aromatic carbocycles. The lowest BCUT2D eigenvalue weighted by Crippen LogP contribution is -2.54. The molecule has 1 saturated heterocycles. The van der Waals surface area contributed by atoms with Gasteiger partial charge in [0.25, 0.3) is 5.91 Å². The van der Waals surface area contributed by atoms with Gasteiger partial charge in [0, 0.05) is 23.0 Å². The van der Waals surface area contributed by atoms with Gasteiger partial charge in [-0.3, -0.25) is 19.3 Å². The second-order valence-electron chi connectivity index (χ2n) is 8.91. The number of nitrogens with one attached hydrogen (secondary N) is 1. The van der Waals surface area contributed by atoms with E-state index < -0.39 is 30.7 Å².